The first-order chi connectivity index (χ1) is 5.79. The molecule has 2 heteroatoms. The number of aliphatic hydroxyl groups excluding tert-OH is 1. The molecule has 2 rings (SSSR count). The summed E-state index contributed by atoms with van der Waals surface area (Å²) in [6.45, 7) is 5.19. The van der Waals surface area contributed by atoms with Crippen LogP contribution < -0.4 is 0 Å². The third-order valence-corrected chi connectivity index (χ3v) is 3.48. The monoisotopic (exact) mass is 169 g/mol. The SMILES string of the molecule is CCC(CCO)N1CC2(CC2)C1. The molecule has 70 valence electrons. The summed E-state index contributed by atoms with van der Waals surface area (Å²) in [7, 11) is 0. The third-order valence-electron chi connectivity index (χ3n) is 3.48. The number of hydrogen-bond acceptors (Lipinski definition) is 2. The number of hydrogen-bond donors (Lipinski definition) is 1. The molecule has 0 radical (unpaired) electrons. The van der Waals surface area contributed by atoms with Gasteiger partial charge >= 0.3 is 0 Å². The van der Waals surface area contributed by atoms with E-state index >= 15 is 0 Å². The van der Waals surface area contributed by atoms with Crippen molar-refractivity contribution in [2.24, 2.45) is 5.41 Å². The summed E-state index contributed by atoms with van der Waals surface area (Å²) in [6.07, 6.45) is 5.07. The highest BCUT2D eigenvalue weighted by Crippen LogP contribution is 2.53. The van der Waals surface area contributed by atoms with Crippen molar-refractivity contribution < 1.29 is 5.11 Å². The second kappa shape index (κ2) is 3.00. The minimum absolute atomic E-state index is 0.349. The fraction of sp³-hybridized carbons (Fsp3) is 1.00. The Bertz CT molecular complexity index is 157. The Morgan fingerprint density at radius 2 is 2.08 bits per heavy atom. The Balaban J connectivity index is 1.76. The van der Waals surface area contributed by atoms with Gasteiger partial charge in [0, 0.05) is 25.7 Å². The van der Waals surface area contributed by atoms with E-state index < -0.39 is 0 Å². The van der Waals surface area contributed by atoms with Crippen molar-refractivity contribution in [2.45, 2.75) is 38.6 Å². The molecule has 2 aliphatic rings. The van der Waals surface area contributed by atoms with Gasteiger partial charge in [0.05, 0.1) is 0 Å². The van der Waals surface area contributed by atoms with Crippen LogP contribution in [0.3, 0.4) is 0 Å². The van der Waals surface area contributed by atoms with Gasteiger partial charge in [-0.3, -0.25) is 4.90 Å². The molecule has 0 aromatic heterocycles. The van der Waals surface area contributed by atoms with Crippen molar-refractivity contribution >= 4 is 0 Å². The topological polar surface area (TPSA) is 23.5 Å². The molecule has 1 atom stereocenters. The van der Waals surface area contributed by atoms with E-state index in [1.165, 1.54) is 32.4 Å². The van der Waals surface area contributed by atoms with Crippen LogP contribution in [0.2, 0.25) is 0 Å². The maximum Gasteiger partial charge on any atom is 0.0445 e. The van der Waals surface area contributed by atoms with E-state index in [2.05, 4.69) is 11.8 Å². The van der Waals surface area contributed by atoms with Gasteiger partial charge in [-0.2, -0.15) is 0 Å². The molecular weight excluding hydrogens is 150 g/mol. The number of nitrogens with zero attached hydrogens (tertiary/aromatic N) is 1. The van der Waals surface area contributed by atoms with E-state index in [-0.39, 0.29) is 0 Å². The minimum Gasteiger partial charge on any atom is -0.396 e. The van der Waals surface area contributed by atoms with E-state index in [1.54, 1.807) is 0 Å². The summed E-state index contributed by atoms with van der Waals surface area (Å²) in [5, 5.41) is 8.86. The lowest BCUT2D eigenvalue weighted by molar-refractivity contribution is 0.0239. The van der Waals surface area contributed by atoms with Gasteiger partial charge in [-0.05, 0) is 31.1 Å². The zero-order valence-electron chi connectivity index (χ0n) is 7.92. The van der Waals surface area contributed by atoms with Gasteiger partial charge in [0.15, 0.2) is 0 Å². The Morgan fingerprint density at radius 1 is 1.42 bits per heavy atom. The number of likely N-dealkylation sites (tertiary alicyclic amines) is 1. The molecular formula is C10H19NO. The van der Waals surface area contributed by atoms with E-state index in [9.17, 15) is 0 Å². The Morgan fingerprint density at radius 3 is 2.50 bits per heavy atom. The van der Waals surface area contributed by atoms with Crippen molar-refractivity contribution in [1.29, 1.82) is 0 Å². The first-order valence-electron chi connectivity index (χ1n) is 5.14. The lowest BCUT2D eigenvalue weighted by Crippen LogP contribution is -2.53. The van der Waals surface area contributed by atoms with Crippen LogP contribution in [0.5, 0.6) is 0 Å². The quantitative estimate of drug-likeness (QED) is 0.684. The van der Waals surface area contributed by atoms with Crippen molar-refractivity contribution in [3.63, 3.8) is 0 Å². The van der Waals surface area contributed by atoms with Gasteiger partial charge in [-0.25, -0.2) is 0 Å². The van der Waals surface area contributed by atoms with E-state index in [0.29, 0.717) is 12.6 Å². The molecule has 1 aliphatic heterocycles. The zero-order chi connectivity index (χ0) is 8.60. The summed E-state index contributed by atoms with van der Waals surface area (Å²) in [5.74, 6) is 0. The highest BCUT2D eigenvalue weighted by atomic mass is 16.3. The van der Waals surface area contributed by atoms with Crippen molar-refractivity contribution in [3.05, 3.63) is 0 Å². The highest BCUT2D eigenvalue weighted by Gasteiger charge is 2.53. The molecule has 1 saturated carbocycles. The van der Waals surface area contributed by atoms with Crippen LogP contribution in [0, 0.1) is 5.41 Å². The van der Waals surface area contributed by atoms with Crippen LogP contribution in [0.4, 0.5) is 0 Å². The standard InChI is InChI=1S/C10H19NO/c1-2-9(3-6-12)11-7-10(8-11)4-5-10/h9,12H,2-8H2,1H3. The van der Waals surface area contributed by atoms with Gasteiger partial charge in [0.25, 0.3) is 0 Å². The third kappa shape index (κ3) is 1.38. The predicted molar refractivity (Wildman–Crippen MR) is 49.0 cm³/mol. The molecule has 1 unspecified atom stereocenters. The maximum absolute atomic E-state index is 8.86. The summed E-state index contributed by atoms with van der Waals surface area (Å²) in [4.78, 5) is 2.54. The second-order valence-electron chi connectivity index (χ2n) is 4.48. The highest BCUT2D eigenvalue weighted by molar-refractivity contribution is 5.06. The Labute approximate surface area is 74.6 Å². The first-order valence-corrected chi connectivity index (χ1v) is 5.14. The van der Waals surface area contributed by atoms with Crippen molar-refractivity contribution in [3.8, 4) is 0 Å². The summed E-state index contributed by atoms with van der Waals surface area (Å²) in [6, 6.07) is 0.654. The Hall–Kier alpha value is -0.0800. The summed E-state index contributed by atoms with van der Waals surface area (Å²) in [5.41, 5.74) is 0.767. The molecule has 2 nitrogen and oxygen atoms in total. The fourth-order valence-corrected chi connectivity index (χ4v) is 2.36. The average Bonchev–Trinajstić information content (AvgIpc) is 2.77. The van der Waals surface area contributed by atoms with Crippen LogP contribution >= 0.6 is 0 Å². The molecule has 1 N–H and O–H groups in total. The lowest BCUT2D eigenvalue weighted by atomic mass is 9.93. The summed E-state index contributed by atoms with van der Waals surface area (Å²) >= 11 is 0. The molecule has 1 spiro atoms. The van der Waals surface area contributed by atoms with Crippen LogP contribution in [-0.4, -0.2) is 35.7 Å². The molecule has 0 aromatic carbocycles. The van der Waals surface area contributed by atoms with Crippen LogP contribution in [0.25, 0.3) is 0 Å². The zero-order valence-corrected chi connectivity index (χ0v) is 7.92. The molecule has 1 saturated heterocycles. The number of rotatable bonds is 4. The molecule has 0 aromatic rings. The van der Waals surface area contributed by atoms with Crippen LogP contribution in [-0.2, 0) is 0 Å². The lowest BCUT2D eigenvalue weighted by Gasteiger charge is -2.45. The van der Waals surface area contributed by atoms with E-state index in [1.807, 2.05) is 0 Å². The smallest absolute Gasteiger partial charge is 0.0445 e. The molecule has 12 heavy (non-hydrogen) atoms. The molecule has 1 aliphatic carbocycles. The summed E-state index contributed by atoms with van der Waals surface area (Å²) < 4.78 is 0. The second-order valence-corrected chi connectivity index (χ2v) is 4.48. The molecule has 0 amide bonds. The molecule has 2 fully saturated rings. The van der Waals surface area contributed by atoms with Crippen molar-refractivity contribution in [1.82, 2.24) is 4.90 Å². The van der Waals surface area contributed by atoms with E-state index in [0.717, 1.165) is 11.8 Å². The average molecular weight is 169 g/mol. The van der Waals surface area contributed by atoms with E-state index in [4.69, 9.17) is 5.11 Å². The van der Waals surface area contributed by atoms with Crippen LogP contribution in [0.1, 0.15) is 32.6 Å². The molecule has 0 bridgehead atoms. The largest absolute Gasteiger partial charge is 0.396 e. The molecule has 1 heterocycles. The van der Waals surface area contributed by atoms with Gasteiger partial charge in [-0.1, -0.05) is 6.92 Å². The van der Waals surface area contributed by atoms with Gasteiger partial charge < -0.3 is 5.11 Å². The van der Waals surface area contributed by atoms with Gasteiger partial charge in [0.2, 0.25) is 0 Å². The maximum atomic E-state index is 8.86. The first kappa shape index (κ1) is 8.52. The Kier molecular flexibility index (Phi) is 2.13. The van der Waals surface area contributed by atoms with Gasteiger partial charge in [-0.15, -0.1) is 0 Å². The predicted octanol–water partition coefficient (Wildman–Crippen LogP) is 1.24. The normalized spacial score (nSPS) is 28.5. The van der Waals surface area contributed by atoms with Crippen molar-refractivity contribution in [2.75, 3.05) is 19.7 Å². The van der Waals surface area contributed by atoms with Crippen LogP contribution in [0.15, 0.2) is 0 Å². The fourth-order valence-electron chi connectivity index (χ4n) is 2.36. The van der Waals surface area contributed by atoms with Gasteiger partial charge in [0.1, 0.15) is 0 Å². The minimum atomic E-state index is 0.349. The number of aliphatic hydroxyl groups is 1.